The summed E-state index contributed by atoms with van der Waals surface area (Å²) in [6, 6.07) is 0. The van der Waals surface area contributed by atoms with Gasteiger partial charge in [-0.05, 0) is 48.8 Å². The molecule has 1 unspecified atom stereocenters. The molecule has 94 valence electrons. The number of hydrogen-bond acceptors (Lipinski definition) is 3. The third-order valence-corrected chi connectivity index (χ3v) is 4.52. The van der Waals surface area contributed by atoms with Crippen molar-refractivity contribution in [1.29, 1.82) is 0 Å². The van der Waals surface area contributed by atoms with E-state index in [4.69, 9.17) is 4.74 Å². The summed E-state index contributed by atoms with van der Waals surface area (Å²) in [6.07, 6.45) is 3.06. The molecule has 1 atom stereocenters. The van der Waals surface area contributed by atoms with E-state index in [0.29, 0.717) is 11.7 Å². The van der Waals surface area contributed by atoms with Gasteiger partial charge >= 0.3 is 0 Å². The van der Waals surface area contributed by atoms with E-state index in [-0.39, 0.29) is 5.56 Å². The summed E-state index contributed by atoms with van der Waals surface area (Å²) in [5.41, 5.74) is 0.392. The molecule has 1 N–H and O–H groups in total. The maximum Gasteiger partial charge on any atom is 0.264 e. The third-order valence-electron chi connectivity index (χ3n) is 3.48. The Morgan fingerprint density at radius 1 is 1.59 bits per heavy atom. The summed E-state index contributed by atoms with van der Waals surface area (Å²) in [5.74, 6) is 1.12. The number of rotatable bonds is 4. The zero-order chi connectivity index (χ0) is 12.6. The number of ether oxygens (including phenoxy) is 1. The Balaban J connectivity index is 2.52. The Labute approximate surface area is 114 Å². The molecule has 17 heavy (non-hydrogen) atoms. The molecule has 1 heterocycles. The summed E-state index contributed by atoms with van der Waals surface area (Å²) in [7, 11) is 1.65. The molecule has 0 amide bonds. The standard InChI is InChI=1S/C12H17IN2O2/c1-4-12(2,17-3)11-14-9(7-5-6-7)8(13)10(16)15-11/h7H,4-6H2,1-3H3,(H,14,15,16). The number of hydrogen-bond donors (Lipinski definition) is 1. The van der Waals surface area contributed by atoms with E-state index in [2.05, 4.69) is 32.6 Å². The lowest BCUT2D eigenvalue weighted by Gasteiger charge is -2.25. The molecule has 1 aliphatic carbocycles. The molecule has 1 saturated carbocycles. The zero-order valence-electron chi connectivity index (χ0n) is 10.3. The van der Waals surface area contributed by atoms with Crippen molar-refractivity contribution in [2.75, 3.05) is 7.11 Å². The lowest BCUT2D eigenvalue weighted by molar-refractivity contribution is -0.00940. The molecule has 0 saturated heterocycles. The molecule has 5 heteroatoms. The van der Waals surface area contributed by atoms with Gasteiger partial charge in [-0.1, -0.05) is 6.92 Å². The molecule has 1 aliphatic rings. The van der Waals surface area contributed by atoms with Crippen molar-refractivity contribution in [3.05, 3.63) is 25.4 Å². The highest BCUT2D eigenvalue weighted by Gasteiger charge is 2.33. The van der Waals surface area contributed by atoms with Crippen LogP contribution in [0.3, 0.4) is 0 Å². The zero-order valence-corrected chi connectivity index (χ0v) is 12.5. The predicted molar refractivity (Wildman–Crippen MR) is 74.2 cm³/mol. The average Bonchev–Trinajstić information content (AvgIpc) is 3.15. The summed E-state index contributed by atoms with van der Waals surface area (Å²) in [4.78, 5) is 19.4. The van der Waals surface area contributed by atoms with Gasteiger partial charge in [0.05, 0.1) is 9.26 Å². The van der Waals surface area contributed by atoms with Gasteiger partial charge in [0, 0.05) is 13.0 Å². The minimum atomic E-state index is -0.507. The van der Waals surface area contributed by atoms with Gasteiger partial charge in [-0.25, -0.2) is 4.98 Å². The van der Waals surface area contributed by atoms with Gasteiger partial charge in [0.1, 0.15) is 11.4 Å². The van der Waals surface area contributed by atoms with Gasteiger partial charge in [-0.2, -0.15) is 0 Å². The number of methoxy groups -OCH3 is 1. The number of aromatic nitrogens is 2. The van der Waals surface area contributed by atoms with Crippen molar-refractivity contribution < 1.29 is 4.74 Å². The topological polar surface area (TPSA) is 55.0 Å². The first-order chi connectivity index (χ1) is 8.01. The Kier molecular flexibility index (Phi) is 3.58. The first-order valence-corrected chi connectivity index (χ1v) is 6.95. The van der Waals surface area contributed by atoms with Crippen LogP contribution in [0.2, 0.25) is 0 Å². The Bertz CT molecular complexity index is 476. The molecule has 1 aromatic rings. The highest BCUT2D eigenvalue weighted by Crippen LogP contribution is 2.40. The highest BCUT2D eigenvalue weighted by molar-refractivity contribution is 14.1. The summed E-state index contributed by atoms with van der Waals surface area (Å²) < 4.78 is 6.21. The number of nitrogens with zero attached hydrogens (tertiary/aromatic N) is 1. The van der Waals surface area contributed by atoms with Crippen LogP contribution < -0.4 is 5.56 Å². The van der Waals surface area contributed by atoms with Crippen molar-refractivity contribution >= 4 is 22.6 Å². The quantitative estimate of drug-likeness (QED) is 0.851. The maximum absolute atomic E-state index is 11.9. The number of nitrogens with one attached hydrogen (secondary N) is 1. The predicted octanol–water partition coefficient (Wildman–Crippen LogP) is 2.52. The van der Waals surface area contributed by atoms with Gasteiger partial charge in [-0.15, -0.1) is 0 Å². The van der Waals surface area contributed by atoms with E-state index >= 15 is 0 Å². The van der Waals surface area contributed by atoms with Gasteiger partial charge in [0.15, 0.2) is 0 Å². The van der Waals surface area contributed by atoms with E-state index in [1.54, 1.807) is 7.11 Å². The lowest BCUT2D eigenvalue weighted by Crippen LogP contribution is -2.31. The fraction of sp³-hybridized carbons (Fsp3) is 0.667. The van der Waals surface area contributed by atoms with E-state index in [1.165, 1.54) is 0 Å². The third kappa shape index (κ3) is 2.40. The van der Waals surface area contributed by atoms with Crippen molar-refractivity contribution in [2.45, 2.75) is 44.6 Å². The second kappa shape index (κ2) is 4.68. The van der Waals surface area contributed by atoms with Crippen LogP contribution in [0.25, 0.3) is 0 Å². The summed E-state index contributed by atoms with van der Waals surface area (Å²) >= 11 is 2.08. The Morgan fingerprint density at radius 3 is 2.71 bits per heavy atom. The van der Waals surface area contributed by atoms with Crippen molar-refractivity contribution in [3.63, 3.8) is 0 Å². The smallest absolute Gasteiger partial charge is 0.264 e. The Morgan fingerprint density at radius 2 is 2.24 bits per heavy atom. The molecular weight excluding hydrogens is 331 g/mol. The van der Waals surface area contributed by atoms with E-state index in [9.17, 15) is 4.79 Å². The van der Waals surface area contributed by atoms with Crippen LogP contribution in [0.1, 0.15) is 50.5 Å². The summed E-state index contributed by atoms with van der Waals surface area (Å²) in [5, 5.41) is 0. The van der Waals surface area contributed by atoms with Gasteiger partial charge in [0.25, 0.3) is 5.56 Å². The number of aromatic amines is 1. The first kappa shape index (κ1) is 13.0. The second-order valence-corrected chi connectivity index (χ2v) is 5.76. The molecular formula is C12H17IN2O2. The lowest BCUT2D eigenvalue weighted by atomic mass is 10.0. The molecule has 0 bridgehead atoms. The van der Waals surface area contributed by atoms with Crippen LogP contribution in [0.5, 0.6) is 0 Å². The molecule has 0 spiro atoms. The minimum absolute atomic E-state index is 0.0470. The Hall–Kier alpha value is -0.430. The second-order valence-electron chi connectivity index (χ2n) is 4.68. The number of H-pyrrole nitrogens is 1. The minimum Gasteiger partial charge on any atom is -0.371 e. The molecule has 0 aliphatic heterocycles. The van der Waals surface area contributed by atoms with Gasteiger partial charge < -0.3 is 9.72 Å². The van der Waals surface area contributed by atoms with Crippen LogP contribution in [0.4, 0.5) is 0 Å². The van der Waals surface area contributed by atoms with Crippen LogP contribution in [0, 0.1) is 3.57 Å². The molecule has 1 aromatic heterocycles. The van der Waals surface area contributed by atoms with Crippen LogP contribution >= 0.6 is 22.6 Å². The van der Waals surface area contributed by atoms with Crippen LogP contribution in [-0.2, 0) is 10.3 Å². The molecule has 4 nitrogen and oxygen atoms in total. The number of halogens is 1. The molecule has 0 aromatic carbocycles. The largest absolute Gasteiger partial charge is 0.371 e. The fourth-order valence-corrected chi connectivity index (χ4v) is 2.46. The van der Waals surface area contributed by atoms with Crippen molar-refractivity contribution in [1.82, 2.24) is 9.97 Å². The van der Waals surface area contributed by atoms with Crippen LogP contribution in [-0.4, -0.2) is 17.1 Å². The van der Waals surface area contributed by atoms with E-state index in [0.717, 1.165) is 28.5 Å². The molecule has 1 fully saturated rings. The van der Waals surface area contributed by atoms with Gasteiger partial charge in [0.2, 0.25) is 0 Å². The van der Waals surface area contributed by atoms with E-state index in [1.807, 2.05) is 13.8 Å². The first-order valence-electron chi connectivity index (χ1n) is 5.87. The van der Waals surface area contributed by atoms with E-state index < -0.39 is 5.60 Å². The summed E-state index contributed by atoms with van der Waals surface area (Å²) in [6.45, 7) is 3.98. The molecule has 0 radical (unpaired) electrons. The van der Waals surface area contributed by atoms with Crippen LogP contribution in [0.15, 0.2) is 4.79 Å². The molecule has 2 rings (SSSR count). The average molecular weight is 348 g/mol. The van der Waals surface area contributed by atoms with Crippen molar-refractivity contribution in [2.24, 2.45) is 0 Å². The fourth-order valence-electron chi connectivity index (χ4n) is 1.76. The monoisotopic (exact) mass is 348 g/mol. The van der Waals surface area contributed by atoms with Gasteiger partial charge in [-0.3, -0.25) is 4.79 Å². The highest BCUT2D eigenvalue weighted by atomic mass is 127. The normalized spacial score (nSPS) is 19.1. The van der Waals surface area contributed by atoms with Crippen molar-refractivity contribution in [3.8, 4) is 0 Å². The SMILES string of the molecule is CCC(C)(OC)c1nc(C2CC2)c(I)c(=O)[nH]1. The maximum atomic E-state index is 11.9.